The molecule has 8 heteroatoms. The van der Waals surface area contributed by atoms with E-state index in [1.54, 1.807) is 0 Å². The first-order chi connectivity index (χ1) is 11.2. The van der Waals surface area contributed by atoms with Crippen LogP contribution in [0.3, 0.4) is 0 Å². The van der Waals surface area contributed by atoms with E-state index >= 15 is 0 Å². The van der Waals surface area contributed by atoms with E-state index in [0.29, 0.717) is 25.9 Å². The molecule has 1 heterocycles. The molecule has 1 amide bonds. The van der Waals surface area contributed by atoms with E-state index in [9.17, 15) is 13.2 Å². The summed E-state index contributed by atoms with van der Waals surface area (Å²) in [4.78, 5) is 14.4. The van der Waals surface area contributed by atoms with Gasteiger partial charge in [-0.15, -0.1) is 0 Å². The Bertz CT molecular complexity index is 663. The van der Waals surface area contributed by atoms with Crippen LogP contribution in [-0.4, -0.2) is 64.2 Å². The molecule has 1 aromatic carbocycles. The van der Waals surface area contributed by atoms with Crippen LogP contribution in [0.1, 0.15) is 12.8 Å². The molecule has 1 fully saturated rings. The lowest BCUT2D eigenvalue weighted by Gasteiger charge is -2.32. The lowest BCUT2D eigenvalue weighted by molar-refractivity contribution is -0.120. The van der Waals surface area contributed by atoms with Gasteiger partial charge in [-0.1, -0.05) is 0 Å². The molecule has 134 valence electrons. The second kappa shape index (κ2) is 7.50. The van der Waals surface area contributed by atoms with Gasteiger partial charge in [0, 0.05) is 58.6 Å². The van der Waals surface area contributed by atoms with Gasteiger partial charge in [-0.3, -0.25) is 4.79 Å². The van der Waals surface area contributed by atoms with E-state index in [1.807, 2.05) is 43.3 Å². The van der Waals surface area contributed by atoms with Crippen molar-refractivity contribution in [3.8, 4) is 0 Å². The van der Waals surface area contributed by atoms with Crippen molar-refractivity contribution in [3.63, 3.8) is 0 Å². The van der Waals surface area contributed by atoms with Crippen molar-refractivity contribution in [2.24, 2.45) is 5.92 Å². The normalized spacial score (nSPS) is 17.0. The van der Waals surface area contributed by atoms with E-state index in [0.717, 1.165) is 11.4 Å². The minimum atomic E-state index is -3.39. The summed E-state index contributed by atoms with van der Waals surface area (Å²) in [5.41, 5.74) is 1.82. The van der Waals surface area contributed by atoms with Gasteiger partial charge in [0.1, 0.15) is 0 Å². The van der Waals surface area contributed by atoms with Crippen LogP contribution in [0, 0.1) is 5.92 Å². The average molecular weight is 354 g/mol. The summed E-state index contributed by atoms with van der Waals surface area (Å²) in [5.74, 6) is -0.207. The van der Waals surface area contributed by atoms with Crippen molar-refractivity contribution in [2.45, 2.75) is 12.8 Å². The molecular weight excluding hydrogens is 328 g/mol. The van der Waals surface area contributed by atoms with Crippen molar-refractivity contribution in [1.29, 1.82) is 0 Å². The summed E-state index contributed by atoms with van der Waals surface area (Å²) in [5, 5.41) is 2.92. The molecule has 0 atom stereocenters. The van der Waals surface area contributed by atoms with Gasteiger partial charge in [-0.05, 0) is 37.1 Å². The predicted molar refractivity (Wildman–Crippen MR) is 96.3 cm³/mol. The topological polar surface area (TPSA) is 73.0 Å². The maximum Gasteiger partial charge on any atom is 0.281 e. The minimum absolute atomic E-state index is 0.0468. The van der Waals surface area contributed by atoms with Crippen LogP contribution in [-0.2, 0) is 15.0 Å². The molecule has 1 saturated heterocycles. The molecule has 24 heavy (non-hydrogen) atoms. The summed E-state index contributed by atoms with van der Waals surface area (Å²) in [6, 6.07) is 7.64. The number of benzene rings is 1. The van der Waals surface area contributed by atoms with Crippen LogP contribution < -0.4 is 10.2 Å². The fraction of sp³-hybridized carbons (Fsp3) is 0.562. The van der Waals surface area contributed by atoms with E-state index in [1.165, 1.54) is 22.7 Å². The summed E-state index contributed by atoms with van der Waals surface area (Å²) in [7, 11) is 3.57. The molecule has 0 bridgehead atoms. The smallest absolute Gasteiger partial charge is 0.281 e. The summed E-state index contributed by atoms with van der Waals surface area (Å²) >= 11 is 0. The Kier molecular flexibility index (Phi) is 5.84. The average Bonchev–Trinajstić information content (AvgIpc) is 2.55. The molecule has 1 aliphatic heterocycles. The zero-order valence-corrected chi connectivity index (χ0v) is 15.5. The molecular formula is C16H26N4O3S. The van der Waals surface area contributed by atoms with E-state index < -0.39 is 10.2 Å². The first-order valence-corrected chi connectivity index (χ1v) is 9.37. The number of amides is 1. The van der Waals surface area contributed by atoms with E-state index in [-0.39, 0.29) is 11.8 Å². The monoisotopic (exact) mass is 354 g/mol. The van der Waals surface area contributed by atoms with Gasteiger partial charge in [0.05, 0.1) is 0 Å². The van der Waals surface area contributed by atoms with Gasteiger partial charge in [-0.2, -0.15) is 17.0 Å². The number of piperidine rings is 1. The molecule has 1 aliphatic rings. The lowest BCUT2D eigenvalue weighted by atomic mass is 9.97. The third-order valence-electron chi connectivity index (χ3n) is 4.26. The largest absolute Gasteiger partial charge is 0.378 e. The number of nitrogens with zero attached hydrogens (tertiary/aromatic N) is 3. The third-order valence-corrected chi connectivity index (χ3v) is 6.20. The van der Waals surface area contributed by atoms with Crippen LogP contribution >= 0.6 is 0 Å². The Labute approximate surface area is 144 Å². The second-order valence-corrected chi connectivity index (χ2v) is 8.54. The SMILES string of the molecule is CN(C)c1ccc(NC(=O)C2CCN(S(=O)(=O)N(C)C)CC2)cc1. The van der Waals surface area contributed by atoms with Crippen LogP contribution in [0.5, 0.6) is 0 Å². The van der Waals surface area contributed by atoms with E-state index in [2.05, 4.69) is 5.32 Å². The van der Waals surface area contributed by atoms with Crippen molar-refractivity contribution >= 4 is 27.5 Å². The summed E-state index contributed by atoms with van der Waals surface area (Å²) in [6.45, 7) is 0.746. The Morgan fingerprint density at radius 1 is 1.08 bits per heavy atom. The molecule has 0 radical (unpaired) electrons. The maximum atomic E-state index is 12.4. The number of anilines is 2. The van der Waals surface area contributed by atoms with Crippen LogP contribution in [0.25, 0.3) is 0 Å². The number of carbonyl (C=O) groups is 1. The molecule has 0 saturated carbocycles. The summed E-state index contributed by atoms with van der Waals surface area (Å²) < 4.78 is 26.8. The molecule has 0 aliphatic carbocycles. The number of hydrogen-bond acceptors (Lipinski definition) is 4. The molecule has 1 aromatic rings. The molecule has 0 aromatic heterocycles. The molecule has 0 unspecified atom stereocenters. The standard InChI is InChI=1S/C16H26N4O3S/c1-18(2)15-7-5-14(6-8-15)17-16(21)13-9-11-20(12-10-13)24(22,23)19(3)4/h5-8,13H,9-12H2,1-4H3,(H,17,21). The van der Waals surface area contributed by atoms with Crippen LogP contribution in [0.4, 0.5) is 11.4 Å². The highest BCUT2D eigenvalue weighted by Gasteiger charge is 2.32. The quantitative estimate of drug-likeness (QED) is 0.863. The third kappa shape index (κ3) is 4.25. The Balaban J connectivity index is 1.91. The van der Waals surface area contributed by atoms with Crippen LogP contribution in [0.15, 0.2) is 24.3 Å². The predicted octanol–water partition coefficient (Wildman–Crippen LogP) is 1.21. The Morgan fingerprint density at radius 3 is 2.08 bits per heavy atom. The first-order valence-electron chi connectivity index (χ1n) is 7.97. The molecule has 2 rings (SSSR count). The number of rotatable bonds is 5. The second-order valence-electron chi connectivity index (χ2n) is 6.39. The molecule has 1 N–H and O–H groups in total. The molecule has 7 nitrogen and oxygen atoms in total. The van der Waals surface area contributed by atoms with Gasteiger partial charge in [0.25, 0.3) is 10.2 Å². The van der Waals surface area contributed by atoms with Crippen molar-refractivity contribution < 1.29 is 13.2 Å². The number of carbonyl (C=O) groups excluding carboxylic acids is 1. The van der Waals surface area contributed by atoms with Gasteiger partial charge in [-0.25, -0.2) is 0 Å². The highest BCUT2D eigenvalue weighted by molar-refractivity contribution is 7.86. The Morgan fingerprint density at radius 2 is 1.62 bits per heavy atom. The zero-order valence-electron chi connectivity index (χ0n) is 14.7. The highest BCUT2D eigenvalue weighted by atomic mass is 32.2. The van der Waals surface area contributed by atoms with E-state index in [4.69, 9.17) is 0 Å². The maximum absolute atomic E-state index is 12.4. The fourth-order valence-corrected chi connectivity index (χ4v) is 3.80. The van der Waals surface area contributed by atoms with Gasteiger partial charge < -0.3 is 10.2 Å². The number of nitrogens with one attached hydrogen (secondary N) is 1. The van der Waals surface area contributed by atoms with Gasteiger partial charge in [0.2, 0.25) is 5.91 Å². The van der Waals surface area contributed by atoms with Crippen molar-refractivity contribution in [3.05, 3.63) is 24.3 Å². The fourth-order valence-electron chi connectivity index (χ4n) is 2.67. The van der Waals surface area contributed by atoms with Gasteiger partial charge >= 0.3 is 0 Å². The van der Waals surface area contributed by atoms with Crippen molar-refractivity contribution in [2.75, 3.05) is 51.5 Å². The molecule has 0 spiro atoms. The van der Waals surface area contributed by atoms with Gasteiger partial charge in [0.15, 0.2) is 0 Å². The first kappa shape index (κ1) is 18.7. The number of hydrogen-bond donors (Lipinski definition) is 1. The highest BCUT2D eigenvalue weighted by Crippen LogP contribution is 2.23. The summed E-state index contributed by atoms with van der Waals surface area (Å²) in [6.07, 6.45) is 1.07. The lowest BCUT2D eigenvalue weighted by Crippen LogP contribution is -2.46. The zero-order chi connectivity index (χ0) is 17.9. The van der Waals surface area contributed by atoms with Crippen molar-refractivity contribution in [1.82, 2.24) is 8.61 Å². The minimum Gasteiger partial charge on any atom is -0.378 e. The van der Waals surface area contributed by atoms with Crippen LogP contribution in [0.2, 0.25) is 0 Å². The Hall–Kier alpha value is -1.64.